The molecule has 2 atom stereocenters. The molecule has 0 unspecified atom stereocenters. The highest BCUT2D eigenvalue weighted by atomic mass is 35.5. The Kier molecular flexibility index (Phi) is 10.1. The van der Waals surface area contributed by atoms with E-state index >= 15 is 0 Å². The van der Waals surface area contributed by atoms with Crippen LogP contribution in [0, 0.1) is 12.7 Å². The molecule has 0 aromatic heterocycles. The van der Waals surface area contributed by atoms with Gasteiger partial charge in [-0.05, 0) is 81.3 Å². The van der Waals surface area contributed by atoms with Gasteiger partial charge < -0.3 is 10.2 Å². The average Bonchev–Trinajstić information content (AvgIpc) is 2.90. The van der Waals surface area contributed by atoms with E-state index in [4.69, 9.17) is 11.6 Å². The predicted octanol–water partition coefficient (Wildman–Crippen LogP) is 5.31. The minimum Gasteiger partial charge on any atom is -0.352 e. The van der Waals surface area contributed by atoms with E-state index in [1.165, 1.54) is 29.2 Å². The Morgan fingerprint density at radius 3 is 2.23 bits per heavy atom. The Balaban J connectivity index is 2.02. The van der Waals surface area contributed by atoms with E-state index in [0.29, 0.717) is 17.0 Å². The van der Waals surface area contributed by atoms with Crippen molar-refractivity contribution in [1.82, 2.24) is 10.2 Å². The summed E-state index contributed by atoms with van der Waals surface area (Å²) in [5.74, 6) is -1.52. The average molecular weight is 574 g/mol. The molecule has 0 heterocycles. The lowest BCUT2D eigenvalue weighted by Gasteiger charge is -2.32. The van der Waals surface area contributed by atoms with E-state index < -0.39 is 34.3 Å². The largest absolute Gasteiger partial charge is 0.352 e. The number of nitrogens with one attached hydrogen (secondary N) is 1. The maximum Gasteiger partial charge on any atom is 0.264 e. The van der Waals surface area contributed by atoms with Gasteiger partial charge in [0.1, 0.15) is 18.4 Å². The number of carbonyl (C=O) groups is 2. The number of sulfonamides is 1. The number of carbonyl (C=O) groups excluding carboxylic acids is 2. The van der Waals surface area contributed by atoms with Crippen LogP contribution in [0.2, 0.25) is 5.02 Å². The Morgan fingerprint density at radius 1 is 1.00 bits per heavy atom. The van der Waals surface area contributed by atoms with E-state index in [1.54, 1.807) is 43.3 Å². The number of hydrogen-bond acceptors (Lipinski definition) is 4. The molecule has 7 nitrogen and oxygen atoms in total. The third-order valence-corrected chi connectivity index (χ3v) is 8.44. The molecule has 0 fully saturated rings. The van der Waals surface area contributed by atoms with Gasteiger partial charge in [0.15, 0.2) is 0 Å². The summed E-state index contributed by atoms with van der Waals surface area (Å²) in [6, 6.07) is 16.9. The summed E-state index contributed by atoms with van der Waals surface area (Å²) in [5, 5.41) is 3.35. The summed E-state index contributed by atoms with van der Waals surface area (Å²) in [6.45, 7) is 6.63. The molecule has 0 radical (unpaired) electrons. The molecule has 2 amide bonds. The van der Waals surface area contributed by atoms with Crippen LogP contribution in [0.15, 0.2) is 77.7 Å². The number of aryl methyl sites for hydroxylation is 1. The third-order valence-electron chi connectivity index (χ3n) is 6.41. The molecule has 39 heavy (non-hydrogen) atoms. The van der Waals surface area contributed by atoms with E-state index in [-0.39, 0.29) is 29.1 Å². The lowest BCUT2D eigenvalue weighted by Crippen LogP contribution is -2.52. The van der Waals surface area contributed by atoms with Crippen LogP contribution in [0.25, 0.3) is 0 Å². The number of benzene rings is 3. The fourth-order valence-corrected chi connectivity index (χ4v) is 5.48. The second-order valence-corrected chi connectivity index (χ2v) is 11.7. The van der Waals surface area contributed by atoms with Crippen LogP contribution >= 0.6 is 11.6 Å². The molecule has 0 bridgehead atoms. The van der Waals surface area contributed by atoms with E-state index in [9.17, 15) is 22.4 Å². The smallest absolute Gasteiger partial charge is 0.264 e. The first-order chi connectivity index (χ1) is 18.4. The molecule has 0 aliphatic rings. The Hall–Kier alpha value is -3.43. The van der Waals surface area contributed by atoms with Gasteiger partial charge in [0, 0.05) is 17.6 Å². The van der Waals surface area contributed by atoms with Crippen molar-refractivity contribution in [3.63, 3.8) is 0 Å². The van der Waals surface area contributed by atoms with Crippen LogP contribution in [0.1, 0.15) is 38.3 Å². The molecule has 3 aromatic carbocycles. The minimum absolute atomic E-state index is 0.0193. The van der Waals surface area contributed by atoms with Gasteiger partial charge in [0.2, 0.25) is 11.8 Å². The number of rotatable bonds is 11. The van der Waals surface area contributed by atoms with Crippen LogP contribution in [0.4, 0.5) is 10.1 Å². The molecule has 0 saturated heterocycles. The van der Waals surface area contributed by atoms with Gasteiger partial charge in [-0.1, -0.05) is 48.4 Å². The van der Waals surface area contributed by atoms with Gasteiger partial charge in [-0.2, -0.15) is 0 Å². The zero-order valence-corrected chi connectivity index (χ0v) is 24.0. The first kappa shape index (κ1) is 30.1. The highest BCUT2D eigenvalue weighted by Gasteiger charge is 2.32. The molecule has 3 rings (SSSR count). The minimum atomic E-state index is -4.22. The zero-order valence-electron chi connectivity index (χ0n) is 22.4. The van der Waals surface area contributed by atoms with Crippen LogP contribution in [0.3, 0.4) is 0 Å². The molecule has 0 saturated carbocycles. The van der Waals surface area contributed by atoms with Gasteiger partial charge in [0.25, 0.3) is 10.0 Å². The molecule has 0 aliphatic heterocycles. The number of anilines is 1. The molecule has 0 spiro atoms. The SMILES string of the molecule is CC[C@@H](C)NC(=O)[C@H](C)N(Cc1cccc(Cl)c1)C(=O)CN(c1ccc(F)cc1)S(=O)(=O)c1ccc(C)cc1. The van der Waals surface area contributed by atoms with Crippen molar-refractivity contribution in [1.29, 1.82) is 0 Å². The lowest BCUT2D eigenvalue weighted by atomic mass is 10.1. The fraction of sp³-hybridized carbons (Fsp3) is 0.310. The van der Waals surface area contributed by atoms with Crippen LogP contribution in [-0.4, -0.2) is 43.8 Å². The van der Waals surface area contributed by atoms with Crippen molar-refractivity contribution in [2.75, 3.05) is 10.8 Å². The first-order valence-corrected chi connectivity index (χ1v) is 14.4. The van der Waals surface area contributed by atoms with Gasteiger partial charge >= 0.3 is 0 Å². The number of halogens is 2. The monoisotopic (exact) mass is 573 g/mol. The highest BCUT2D eigenvalue weighted by molar-refractivity contribution is 7.92. The molecule has 1 N–H and O–H groups in total. The normalized spacial score (nSPS) is 12.9. The molecule has 0 aliphatic carbocycles. The maximum atomic E-state index is 13.8. The molecule has 208 valence electrons. The van der Waals surface area contributed by atoms with Crippen molar-refractivity contribution in [3.05, 3.63) is 94.8 Å². The summed E-state index contributed by atoms with van der Waals surface area (Å²) >= 11 is 6.15. The quantitative estimate of drug-likeness (QED) is 0.337. The molecular formula is C29H33ClFN3O4S. The van der Waals surface area contributed by atoms with Crippen LogP contribution in [0.5, 0.6) is 0 Å². The summed E-state index contributed by atoms with van der Waals surface area (Å²) in [4.78, 5) is 28.2. The second kappa shape index (κ2) is 13.1. The third kappa shape index (κ3) is 7.80. The van der Waals surface area contributed by atoms with E-state index in [1.807, 2.05) is 20.8 Å². The summed E-state index contributed by atoms with van der Waals surface area (Å²) in [5.41, 5.74) is 1.66. The first-order valence-electron chi connectivity index (χ1n) is 12.6. The van der Waals surface area contributed by atoms with Gasteiger partial charge in [-0.3, -0.25) is 13.9 Å². The second-order valence-electron chi connectivity index (χ2n) is 9.45. The van der Waals surface area contributed by atoms with Crippen molar-refractivity contribution in [2.24, 2.45) is 0 Å². The van der Waals surface area contributed by atoms with E-state index in [0.717, 1.165) is 22.0 Å². The standard InChI is InChI=1S/C29H33ClFN3O4S/c1-5-21(3)32-29(36)22(4)33(18-23-7-6-8-24(30)17-23)28(35)19-34(26-13-11-25(31)12-14-26)39(37,38)27-15-9-20(2)10-16-27/h6-17,21-22H,5,18-19H2,1-4H3,(H,32,36)/t21-,22+/m1/s1. The molecule has 10 heteroatoms. The Bertz CT molecular complexity index is 1400. The van der Waals surface area contributed by atoms with Gasteiger partial charge in [-0.25, -0.2) is 12.8 Å². The van der Waals surface area contributed by atoms with Crippen molar-refractivity contribution in [2.45, 2.75) is 57.6 Å². The van der Waals surface area contributed by atoms with Crippen molar-refractivity contribution in [3.8, 4) is 0 Å². The number of amides is 2. The zero-order chi connectivity index (χ0) is 28.7. The van der Waals surface area contributed by atoms with E-state index in [2.05, 4.69) is 5.32 Å². The van der Waals surface area contributed by atoms with Crippen molar-refractivity contribution < 1.29 is 22.4 Å². The Morgan fingerprint density at radius 2 is 1.64 bits per heavy atom. The molecule has 3 aromatic rings. The van der Waals surface area contributed by atoms with Gasteiger partial charge in [-0.15, -0.1) is 0 Å². The predicted molar refractivity (Wildman–Crippen MR) is 151 cm³/mol. The Labute approximate surface area is 234 Å². The van der Waals surface area contributed by atoms with Crippen molar-refractivity contribution >= 4 is 39.1 Å². The maximum absolute atomic E-state index is 13.8. The summed E-state index contributed by atoms with van der Waals surface area (Å²) < 4.78 is 42.1. The van der Waals surface area contributed by atoms with Crippen LogP contribution < -0.4 is 9.62 Å². The summed E-state index contributed by atoms with van der Waals surface area (Å²) in [7, 11) is -4.22. The molecular weight excluding hydrogens is 541 g/mol. The van der Waals surface area contributed by atoms with Crippen LogP contribution in [-0.2, 0) is 26.2 Å². The topological polar surface area (TPSA) is 86.8 Å². The number of hydrogen-bond donors (Lipinski definition) is 1. The summed E-state index contributed by atoms with van der Waals surface area (Å²) in [6.07, 6.45) is 0.702. The highest BCUT2D eigenvalue weighted by Crippen LogP contribution is 2.25. The lowest BCUT2D eigenvalue weighted by molar-refractivity contribution is -0.139. The fourth-order valence-electron chi connectivity index (χ4n) is 3.85. The number of nitrogens with zero attached hydrogens (tertiary/aromatic N) is 2. The van der Waals surface area contributed by atoms with Gasteiger partial charge in [0.05, 0.1) is 10.6 Å².